The zero-order valence-corrected chi connectivity index (χ0v) is 28.0. The Labute approximate surface area is 277 Å². The lowest BCUT2D eigenvalue weighted by Gasteiger charge is -2.37. The molecule has 13 heteroatoms. The van der Waals surface area contributed by atoms with Gasteiger partial charge in [0, 0.05) is 31.5 Å². The SMILES string of the molecule is Cc1ccc(C[C@H](NC(=O)[C@@H](C)NC(=O)[C@@H]2CCCN2C(=O)[C@@H]2C[C@@H]3CCCC[C@@H]3N2C(=O)[C@H](C)CCCN=C(N)N)C(N)=O)cc1. The maximum absolute atomic E-state index is 14.2. The molecular formula is C34H52N8O5. The standard InChI is InChI=1S/C34H52N8O5/c1-20-12-14-23(15-13-20)18-25(29(35)43)40-30(44)22(3)39-31(45)27-11-7-17-41(27)33(47)28-19-24-9-4-5-10-26(24)42(28)32(46)21(2)8-6-16-38-34(36)37/h12-15,21-22,24-28H,4-11,16-19H2,1-3H3,(H2,35,43)(H,39,45)(H,40,44)(H4,36,37,38)/t21-,22-,24+,25+,26+,27+,28+/m1/s1. The Bertz CT molecular complexity index is 1330. The Balaban J connectivity index is 1.40. The summed E-state index contributed by atoms with van der Waals surface area (Å²) < 4.78 is 0. The summed E-state index contributed by atoms with van der Waals surface area (Å²) in [5, 5.41) is 5.41. The van der Waals surface area contributed by atoms with E-state index in [1.54, 1.807) is 4.90 Å². The summed E-state index contributed by atoms with van der Waals surface area (Å²) in [6, 6.07) is 4.30. The second-order valence-corrected chi connectivity index (χ2v) is 13.5. The molecule has 13 nitrogen and oxygen atoms in total. The molecule has 0 radical (unpaired) electrons. The summed E-state index contributed by atoms with van der Waals surface area (Å²) in [6.45, 7) is 6.22. The van der Waals surface area contributed by atoms with E-state index in [0.717, 1.165) is 36.8 Å². The Morgan fingerprint density at radius 2 is 1.64 bits per heavy atom. The van der Waals surface area contributed by atoms with Crippen LogP contribution in [0.3, 0.4) is 0 Å². The summed E-state index contributed by atoms with van der Waals surface area (Å²) in [7, 11) is 0. The molecule has 47 heavy (non-hydrogen) atoms. The van der Waals surface area contributed by atoms with Crippen molar-refractivity contribution in [1.82, 2.24) is 20.4 Å². The number of benzene rings is 1. The number of hydrogen-bond donors (Lipinski definition) is 5. The Morgan fingerprint density at radius 1 is 0.936 bits per heavy atom. The molecule has 1 aliphatic carbocycles. The molecule has 0 unspecified atom stereocenters. The van der Waals surface area contributed by atoms with E-state index in [9.17, 15) is 24.0 Å². The van der Waals surface area contributed by atoms with E-state index in [1.807, 2.05) is 43.0 Å². The van der Waals surface area contributed by atoms with Crippen molar-refractivity contribution in [2.45, 2.75) is 115 Å². The van der Waals surface area contributed by atoms with Gasteiger partial charge in [0.15, 0.2) is 5.96 Å². The number of likely N-dealkylation sites (tertiary alicyclic amines) is 2. The number of hydrogen-bond acceptors (Lipinski definition) is 6. The maximum atomic E-state index is 14.2. The molecule has 0 spiro atoms. The molecular weight excluding hydrogens is 600 g/mol. The Hall–Kier alpha value is -4.16. The number of nitrogens with two attached hydrogens (primary N) is 3. The van der Waals surface area contributed by atoms with Gasteiger partial charge in [-0.3, -0.25) is 29.0 Å². The minimum absolute atomic E-state index is 0.0158. The number of amides is 5. The zero-order chi connectivity index (χ0) is 34.2. The fraction of sp³-hybridized carbons (Fsp3) is 0.647. The second-order valence-electron chi connectivity index (χ2n) is 13.5. The lowest BCUT2D eigenvalue weighted by molar-refractivity contribution is -0.150. The van der Waals surface area contributed by atoms with Crippen LogP contribution in [0.1, 0.15) is 82.8 Å². The van der Waals surface area contributed by atoms with Crippen LogP contribution in [0.5, 0.6) is 0 Å². The van der Waals surface area contributed by atoms with E-state index in [-0.39, 0.29) is 42.1 Å². The predicted molar refractivity (Wildman–Crippen MR) is 178 cm³/mol. The van der Waals surface area contributed by atoms with Crippen LogP contribution in [0.4, 0.5) is 0 Å². The van der Waals surface area contributed by atoms with Crippen LogP contribution >= 0.6 is 0 Å². The molecule has 3 aliphatic rings. The highest BCUT2D eigenvalue weighted by Crippen LogP contribution is 2.42. The summed E-state index contributed by atoms with van der Waals surface area (Å²) in [4.78, 5) is 74.2. The van der Waals surface area contributed by atoms with Gasteiger partial charge in [-0.25, -0.2) is 0 Å². The summed E-state index contributed by atoms with van der Waals surface area (Å²) in [5.74, 6) is -1.93. The normalized spacial score (nSPS) is 24.1. The monoisotopic (exact) mass is 652 g/mol. The number of aliphatic imine (C=N–C) groups is 1. The van der Waals surface area contributed by atoms with Crippen LogP contribution in [0.2, 0.25) is 0 Å². The minimum Gasteiger partial charge on any atom is -0.370 e. The highest BCUT2D eigenvalue weighted by atomic mass is 16.2. The number of fused-ring (bicyclic) bond motifs is 1. The number of primary amides is 1. The number of nitrogens with zero attached hydrogens (tertiary/aromatic N) is 3. The summed E-state index contributed by atoms with van der Waals surface area (Å²) in [6.07, 6.45) is 7.10. The third-order valence-corrected chi connectivity index (χ3v) is 9.95. The van der Waals surface area contributed by atoms with Gasteiger partial charge in [0.2, 0.25) is 29.5 Å². The fourth-order valence-corrected chi connectivity index (χ4v) is 7.33. The molecule has 0 aromatic heterocycles. The Morgan fingerprint density at radius 3 is 2.32 bits per heavy atom. The molecule has 8 N–H and O–H groups in total. The van der Waals surface area contributed by atoms with Gasteiger partial charge in [0.25, 0.3) is 0 Å². The topological polar surface area (TPSA) is 206 Å². The second kappa shape index (κ2) is 16.1. The van der Waals surface area contributed by atoms with Crippen LogP contribution in [-0.2, 0) is 30.4 Å². The average molecular weight is 653 g/mol. The lowest BCUT2D eigenvalue weighted by atomic mass is 9.84. The van der Waals surface area contributed by atoms with Gasteiger partial charge in [0.05, 0.1) is 0 Å². The molecule has 3 fully saturated rings. The highest BCUT2D eigenvalue weighted by Gasteiger charge is 2.50. The number of aryl methyl sites for hydroxylation is 1. The molecule has 0 bridgehead atoms. The van der Waals surface area contributed by atoms with Crippen molar-refractivity contribution in [3.8, 4) is 0 Å². The third-order valence-electron chi connectivity index (χ3n) is 9.95. The van der Waals surface area contributed by atoms with Crippen molar-refractivity contribution < 1.29 is 24.0 Å². The maximum Gasteiger partial charge on any atom is 0.246 e. The van der Waals surface area contributed by atoms with Crippen molar-refractivity contribution >= 4 is 35.5 Å². The van der Waals surface area contributed by atoms with Crippen molar-refractivity contribution in [2.75, 3.05) is 13.1 Å². The van der Waals surface area contributed by atoms with E-state index < -0.39 is 41.9 Å². The molecule has 1 saturated carbocycles. The molecule has 7 atom stereocenters. The van der Waals surface area contributed by atoms with Gasteiger partial charge < -0.3 is 37.6 Å². The van der Waals surface area contributed by atoms with Crippen LogP contribution in [-0.4, -0.2) is 88.6 Å². The first-order valence-corrected chi connectivity index (χ1v) is 17.0. The first-order valence-electron chi connectivity index (χ1n) is 17.0. The van der Waals surface area contributed by atoms with Gasteiger partial charge in [-0.1, -0.05) is 49.6 Å². The molecule has 1 aromatic carbocycles. The van der Waals surface area contributed by atoms with E-state index in [1.165, 1.54) is 6.92 Å². The summed E-state index contributed by atoms with van der Waals surface area (Å²) >= 11 is 0. The van der Waals surface area contributed by atoms with E-state index in [2.05, 4.69) is 15.6 Å². The third kappa shape index (κ3) is 9.01. The number of rotatable bonds is 13. The van der Waals surface area contributed by atoms with Crippen molar-refractivity contribution in [2.24, 2.45) is 34.0 Å². The minimum atomic E-state index is -0.966. The van der Waals surface area contributed by atoms with Crippen LogP contribution in [0.15, 0.2) is 29.3 Å². The van der Waals surface area contributed by atoms with E-state index >= 15 is 0 Å². The smallest absolute Gasteiger partial charge is 0.246 e. The summed E-state index contributed by atoms with van der Waals surface area (Å²) in [5.41, 5.74) is 18.4. The molecule has 2 saturated heterocycles. The van der Waals surface area contributed by atoms with E-state index in [4.69, 9.17) is 17.2 Å². The number of guanidine groups is 1. The predicted octanol–water partition coefficient (Wildman–Crippen LogP) is 0.853. The van der Waals surface area contributed by atoms with Gasteiger partial charge in [-0.2, -0.15) is 0 Å². The highest BCUT2D eigenvalue weighted by molar-refractivity contribution is 5.96. The fourth-order valence-electron chi connectivity index (χ4n) is 7.33. The first kappa shape index (κ1) is 35.7. The van der Waals surface area contributed by atoms with Crippen molar-refractivity contribution in [3.05, 3.63) is 35.4 Å². The zero-order valence-electron chi connectivity index (χ0n) is 28.0. The molecule has 2 heterocycles. The molecule has 1 aromatic rings. The van der Waals surface area contributed by atoms with Crippen LogP contribution in [0, 0.1) is 18.8 Å². The average Bonchev–Trinajstić information content (AvgIpc) is 3.68. The quantitative estimate of drug-likeness (QED) is 0.118. The number of carbonyl (C=O) groups excluding carboxylic acids is 5. The van der Waals surface area contributed by atoms with Gasteiger partial charge >= 0.3 is 0 Å². The first-order chi connectivity index (χ1) is 22.4. The number of nitrogens with one attached hydrogen (secondary N) is 2. The van der Waals surface area contributed by atoms with Crippen molar-refractivity contribution in [1.29, 1.82) is 0 Å². The van der Waals surface area contributed by atoms with Gasteiger partial charge in [0.1, 0.15) is 24.2 Å². The van der Waals surface area contributed by atoms with Crippen molar-refractivity contribution in [3.63, 3.8) is 0 Å². The molecule has 5 amide bonds. The molecule has 2 aliphatic heterocycles. The van der Waals surface area contributed by atoms with Crippen LogP contribution in [0.25, 0.3) is 0 Å². The van der Waals surface area contributed by atoms with Gasteiger partial charge in [-0.05, 0) is 70.3 Å². The molecule has 258 valence electrons. The van der Waals surface area contributed by atoms with Crippen LogP contribution < -0.4 is 27.8 Å². The molecule has 4 rings (SSSR count). The number of carbonyl (C=O) groups is 5. The largest absolute Gasteiger partial charge is 0.370 e. The lowest BCUT2D eigenvalue weighted by Crippen LogP contribution is -2.57. The Kier molecular flexibility index (Phi) is 12.2. The van der Waals surface area contributed by atoms with E-state index in [0.29, 0.717) is 45.2 Å². The van der Waals surface area contributed by atoms with Gasteiger partial charge in [-0.15, -0.1) is 0 Å².